The van der Waals surface area contributed by atoms with Crippen LogP contribution in [0.2, 0.25) is 0 Å². The molecule has 1 heterocycles. The van der Waals surface area contributed by atoms with E-state index in [1.54, 1.807) is 24.3 Å². The summed E-state index contributed by atoms with van der Waals surface area (Å²) >= 11 is 0. The minimum atomic E-state index is -1.00. The molecule has 0 radical (unpaired) electrons. The second-order valence-electron chi connectivity index (χ2n) is 13.2. The lowest BCUT2D eigenvalue weighted by molar-refractivity contribution is -0.133. The van der Waals surface area contributed by atoms with Crippen LogP contribution in [0, 0.1) is 17.8 Å². The molecule has 0 saturated carbocycles. The highest BCUT2D eigenvalue weighted by molar-refractivity contribution is 6.00. The maximum absolute atomic E-state index is 13.5. The van der Waals surface area contributed by atoms with Crippen LogP contribution in [0.25, 0.3) is 0 Å². The van der Waals surface area contributed by atoms with E-state index >= 15 is 0 Å². The van der Waals surface area contributed by atoms with Crippen molar-refractivity contribution in [3.8, 4) is 5.75 Å². The number of carbonyl (C=O) groups excluding carboxylic acids is 5. The van der Waals surface area contributed by atoms with Crippen LogP contribution in [-0.4, -0.2) is 92.4 Å². The van der Waals surface area contributed by atoms with Gasteiger partial charge in [-0.05, 0) is 69.8 Å². The third-order valence-electron chi connectivity index (χ3n) is 7.65. The highest BCUT2D eigenvalue weighted by Crippen LogP contribution is 2.20. The summed E-state index contributed by atoms with van der Waals surface area (Å²) in [6, 6.07) is 3.53. The third kappa shape index (κ3) is 12.7. The van der Waals surface area contributed by atoms with Gasteiger partial charge < -0.3 is 36.2 Å². The van der Waals surface area contributed by atoms with Gasteiger partial charge in [0.2, 0.25) is 23.6 Å². The van der Waals surface area contributed by atoms with Crippen LogP contribution in [0.5, 0.6) is 5.75 Å². The van der Waals surface area contributed by atoms with E-state index in [1.807, 2.05) is 60.5 Å². The van der Waals surface area contributed by atoms with E-state index < -0.39 is 47.8 Å². The first-order valence-electron chi connectivity index (χ1n) is 16.0. The highest BCUT2D eigenvalue weighted by Gasteiger charge is 2.32. The van der Waals surface area contributed by atoms with E-state index in [2.05, 4.69) is 26.6 Å². The number of amides is 5. The maximum Gasteiger partial charge on any atom is 0.255 e. The molecular formula is C33H54N6O6. The number of nitrogens with one attached hydrogen (secondary N) is 5. The van der Waals surface area contributed by atoms with Crippen molar-refractivity contribution in [3.05, 3.63) is 29.8 Å². The maximum atomic E-state index is 13.5. The molecule has 0 aromatic heterocycles. The lowest BCUT2D eigenvalue weighted by Gasteiger charge is -2.29. The van der Waals surface area contributed by atoms with Crippen molar-refractivity contribution in [2.75, 3.05) is 33.8 Å². The average molecular weight is 631 g/mol. The Morgan fingerprint density at radius 1 is 0.933 bits per heavy atom. The smallest absolute Gasteiger partial charge is 0.255 e. The average Bonchev–Trinajstić information content (AvgIpc) is 2.96. The lowest BCUT2D eigenvalue weighted by atomic mass is 9.98. The van der Waals surface area contributed by atoms with Crippen molar-refractivity contribution < 1.29 is 28.7 Å². The predicted molar refractivity (Wildman–Crippen MR) is 174 cm³/mol. The molecule has 0 spiro atoms. The van der Waals surface area contributed by atoms with Gasteiger partial charge in [0, 0.05) is 13.0 Å². The Morgan fingerprint density at radius 2 is 1.62 bits per heavy atom. The summed E-state index contributed by atoms with van der Waals surface area (Å²) in [7, 11) is 3.89. The van der Waals surface area contributed by atoms with Gasteiger partial charge in [-0.25, -0.2) is 0 Å². The van der Waals surface area contributed by atoms with E-state index in [4.69, 9.17) is 4.74 Å². The van der Waals surface area contributed by atoms with Gasteiger partial charge in [0.25, 0.3) is 5.91 Å². The van der Waals surface area contributed by atoms with Crippen molar-refractivity contribution in [3.63, 3.8) is 0 Å². The molecule has 4 atom stereocenters. The molecule has 12 heteroatoms. The van der Waals surface area contributed by atoms with Crippen molar-refractivity contribution in [1.29, 1.82) is 0 Å². The third-order valence-corrected chi connectivity index (χ3v) is 7.65. The van der Waals surface area contributed by atoms with E-state index in [-0.39, 0.29) is 48.7 Å². The molecule has 5 amide bonds. The molecule has 5 N–H and O–H groups in total. The van der Waals surface area contributed by atoms with Crippen LogP contribution in [0.3, 0.4) is 0 Å². The number of benzene rings is 1. The van der Waals surface area contributed by atoms with Gasteiger partial charge in [-0.2, -0.15) is 0 Å². The Bertz CT molecular complexity index is 1150. The first kappa shape index (κ1) is 37.5. The first-order valence-corrected chi connectivity index (χ1v) is 16.0. The zero-order valence-corrected chi connectivity index (χ0v) is 28.2. The molecular weight excluding hydrogens is 576 g/mol. The minimum absolute atomic E-state index is 0.0164. The Labute approximate surface area is 268 Å². The Kier molecular flexibility index (Phi) is 15.3. The fourth-order valence-corrected chi connectivity index (χ4v) is 4.90. The van der Waals surface area contributed by atoms with Gasteiger partial charge in [-0.3, -0.25) is 24.0 Å². The molecule has 45 heavy (non-hydrogen) atoms. The largest absolute Gasteiger partial charge is 0.491 e. The summed E-state index contributed by atoms with van der Waals surface area (Å²) in [4.78, 5) is 68.8. The van der Waals surface area contributed by atoms with Crippen molar-refractivity contribution in [2.24, 2.45) is 17.8 Å². The molecule has 0 bridgehead atoms. The van der Waals surface area contributed by atoms with Crippen LogP contribution < -0.4 is 31.3 Å². The van der Waals surface area contributed by atoms with Crippen molar-refractivity contribution in [2.45, 2.75) is 91.4 Å². The van der Waals surface area contributed by atoms with Gasteiger partial charge in [-0.1, -0.05) is 53.7 Å². The number of para-hydroxylation sites is 1. The summed E-state index contributed by atoms with van der Waals surface area (Å²) in [5.74, 6) is -2.07. The first-order chi connectivity index (χ1) is 21.2. The summed E-state index contributed by atoms with van der Waals surface area (Å²) in [5.41, 5.74) is 0.228. The van der Waals surface area contributed by atoms with Gasteiger partial charge in [0.1, 0.15) is 30.5 Å². The van der Waals surface area contributed by atoms with Crippen molar-refractivity contribution >= 4 is 29.5 Å². The van der Waals surface area contributed by atoms with Crippen molar-refractivity contribution in [1.82, 2.24) is 31.5 Å². The fraction of sp³-hybridized carbons (Fsp3) is 0.667. The summed E-state index contributed by atoms with van der Waals surface area (Å²) in [5, 5.41) is 14.3. The minimum Gasteiger partial charge on any atom is -0.491 e. The van der Waals surface area contributed by atoms with E-state index in [0.717, 1.165) is 6.54 Å². The standard InChI is InChI=1S/C33H54N6O6/c1-20(2)18-25-32(43)38-29(22(5)6)33(44)37-26(21(3)4)19-45-27-13-10-9-12-23(27)30(41)36-24(14-15-28(40)35-25)31(42)34-16-11-17-39(7)8/h9-10,12-13,20-22,24-26,29H,11,14-19H2,1-8H3,(H,34,42)(H,35,40)(H,36,41)(H,37,44)(H,38,43)/t24-,25+,26-,29-/m0/s1. The van der Waals surface area contributed by atoms with E-state index in [1.165, 1.54) is 0 Å². The molecule has 0 aliphatic carbocycles. The molecule has 1 aliphatic heterocycles. The summed E-state index contributed by atoms with van der Waals surface area (Å²) in [6.07, 6.45) is 0.978. The topological polar surface area (TPSA) is 158 Å². The fourth-order valence-electron chi connectivity index (χ4n) is 4.90. The molecule has 12 nitrogen and oxygen atoms in total. The van der Waals surface area contributed by atoms with Crippen LogP contribution >= 0.6 is 0 Å². The van der Waals surface area contributed by atoms with E-state index in [0.29, 0.717) is 25.1 Å². The summed E-state index contributed by atoms with van der Waals surface area (Å²) in [6.45, 7) is 12.7. The molecule has 0 saturated heterocycles. The van der Waals surface area contributed by atoms with Crippen LogP contribution in [0.15, 0.2) is 24.3 Å². The second kappa shape index (κ2) is 18.3. The normalized spacial score (nSPS) is 22.5. The Hall–Kier alpha value is -3.67. The molecule has 252 valence electrons. The van der Waals surface area contributed by atoms with Gasteiger partial charge in [-0.15, -0.1) is 0 Å². The van der Waals surface area contributed by atoms with Gasteiger partial charge >= 0.3 is 0 Å². The molecule has 1 aromatic rings. The number of hydrogen-bond donors (Lipinski definition) is 5. The molecule has 1 aromatic carbocycles. The zero-order valence-electron chi connectivity index (χ0n) is 28.2. The monoisotopic (exact) mass is 630 g/mol. The van der Waals surface area contributed by atoms with Gasteiger partial charge in [0.05, 0.1) is 11.6 Å². The number of fused-ring (bicyclic) bond motifs is 1. The number of rotatable bonds is 9. The molecule has 1 aliphatic rings. The number of carbonyl (C=O) groups is 5. The highest BCUT2D eigenvalue weighted by atomic mass is 16.5. The Morgan fingerprint density at radius 3 is 2.24 bits per heavy atom. The molecule has 0 unspecified atom stereocenters. The van der Waals surface area contributed by atoms with E-state index in [9.17, 15) is 24.0 Å². The number of ether oxygens (including phenoxy) is 1. The van der Waals surface area contributed by atoms with Gasteiger partial charge in [0.15, 0.2) is 0 Å². The SMILES string of the molecule is CC(C)C[C@H]1NC(=O)CC[C@@H](C(=O)NCCCN(C)C)NC(=O)c2ccccc2OC[C@@H](C(C)C)NC(=O)[C@H](C(C)C)NC1=O. The van der Waals surface area contributed by atoms with Crippen LogP contribution in [-0.2, 0) is 19.2 Å². The molecule has 0 fully saturated rings. The number of hydrogen-bond acceptors (Lipinski definition) is 7. The second-order valence-corrected chi connectivity index (χ2v) is 13.2. The lowest BCUT2D eigenvalue weighted by Crippen LogP contribution is -2.58. The quantitative estimate of drug-likeness (QED) is 0.261. The summed E-state index contributed by atoms with van der Waals surface area (Å²) < 4.78 is 6.09. The predicted octanol–water partition coefficient (Wildman–Crippen LogP) is 1.84. The zero-order chi connectivity index (χ0) is 33.7. The Balaban J connectivity index is 2.45. The number of nitrogens with zero attached hydrogens (tertiary/aromatic N) is 1. The van der Waals surface area contributed by atoms with Crippen LogP contribution in [0.1, 0.15) is 77.6 Å². The molecule has 2 rings (SSSR count). The van der Waals surface area contributed by atoms with Crippen LogP contribution in [0.4, 0.5) is 0 Å².